The molecule has 3 aromatic rings. The summed E-state index contributed by atoms with van der Waals surface area (Å²) in [4.78, 5) is 25.0. The Hall–Kier alpha value is -2.99. The third kappa shape index (κ3) is 4.34. The second kappa shape index (κ2) is 7.93. The summed E-state index contributed by atoms with van der Waals surface area (Å²) in [7, 11) is 0. The summed E-state index contributed by atoms with van der Waals surface area (Å²) in [5.41, 5.74) is 9.40. The van der Waals surface area contributed by atoms with Crippen molar-refractivity contribution in [1.29, 1.82) is 0 Å². The molecule has 0 bridgehead atoms. The van der Waals surface area contributed by atoms with E-state index in [-0.39, 0.29) is 17.9 Å². The molecule has 0 atom stereocenters. The molecular weight excluding hydrogens is 350 g/mol. The maximum Gasteiger partial charge on any atom is 0.187 e. The Bertz CT molecular complexity index is 945. The molecule has 0 aliphatic rings. The molecule has 0 fully saturated rings. The molecule has 7 heteroatoms. The van der Waals surface area contributed by atoms with Gasteiger partial charge in [-0.25, -0.2) is 4.98 Å². The molecule has 0 saturated carbocycles. The Kier molecular flexibility index (Phi) is 5.43. The number of rotatable bonds is 6. The number of aromatic nitrogens is 3. The molecule has 0 amide bonds. The number of pyridine rings is 3. The molecule has 6 nitrogen and oxygen atoms in total. The van der Waals surface area contributed by atoms with Crippen LogP contribution in [0.3, 0.4) is 0 Å². The lowest BCUT2D eigenvalue weighted by atomic mass is 10.1. The molecule has 0 saturated heterocycles. The molecular formula is C19H18ClN5O. The first-order valence-electron chi connectivity index (χ1n) is 8.06. The number of anilines is 2. The first kappa shape index (κ1) is 17.8. The van der Waals surface area contributed by atoms with Gasteiger partial charge in [-0.05, 0) is 48.4 Å². The largest absolute Gasteiger partial charge is 0.382 e. The molecule has 0 aliphatic heterocycles. The summed E-state index contributed by atoms with van der Waals surface area (Å²) >= 11 is 6.13. The fourth-order valence-corrected chi connectivity index (χ4v) is 2.82. The van der Waals surface area contributed by atoms with Crippen LogP contribution in [0.4, 0.5) is 11.5 Å². The SMILES string of the molecule is Cc1cnc(C(=O)Cc2ccnc(CNc3cccnc3N)c2)c(Cl)c1. The van der Waals surface area contributed by atoms with E-state index in [2.05, 4.69) is 20.3 Å². The van der Waals surface area contributed by atoms with Crippen molar-refractivity contribution in [2.75, 3.05) is 11.1 Å². The average molecular weight is 368 g/mol. The molecule has 0 aromatic carbocycles. The minimum absolute atomic E-state index is 0.128. The van der Waals surface area contributed by atoms with Gasteiger partial charge < -0.3 is 11.1 Å². The van der Waals surface area contributed by atoms with Crippen LogP contribution < -0.4 is 11.1 Å². The highest BCUT2D eigenvalue weighted by Crippen LogP contribution is 2.18. The third-order valence-corrected chi connectivity index (χ3v) is 4.07. The average Bonchev–Trinajstić information content (AvgIpc) is 2.61. The molecule has 3 aromatic heterocycles. The number of nitrogen functional groups attached to an aromatic ring is 1. The lowest BCUT2D eigenvalue weighted by Gasteiger charge is -2.09. The third-order valence-electron chi connectivity index (χ3n) is 3.79. The van der Waals surface area contributed by atoms with E-state index < -0.39 is 0 Å². The van der Waals surface area contributed by atoms with Crippen LogP contribution in [-0.4, -0.2) is 20.7 Å². The summed E-state index contributed by atoms with van der Waals surface area (Å²) in [6, 6.07) is 9.07. The smallest absolute Gasteiger partial charge is 0.187 e. The van der Waals surface area contributed by atoms with E-state index in [1.54, 1.807) is 30.7 Å². The monoisotopic (exact) mass is 367 g/mol. The molecule has 3 rings (SSSR count). The summed E-state index contributed by atoms with van der Waals surface area (Å²) in [6.07, 6.45) is 5.16. The van der Waals surface area contributed by atoms with Gasteiger partial charge in [0.15, 0.2) is 5.78 Å². The molecule has 26 heavy (non-hydrogen) atoms. The Morgan fingerprint density at radius 2 is 2.04 bits per heavy atom. The van der Waals surface area contributed by atoms with Gasteiger partial charge in [0.05, 0.1) is 22.9 Å². The second-order valence-electron chi connectivity index (χ2n) is 5.89. The molecule has 3 heterocycles. The molecule has 132 valence electrons. The van der Waals surface area contributed by atoms with E-state index in [1.165, 1.54) is 0 Å². The number of aryl methyl sites for hydroxylation is 1. The molecule has 0 radical (unpaired) electrons. The number of ketones is 1. The molecule has 0 unspecified atom stereocenters. The van der Waals surface area contributed by atoms with Crippen LogP contribution in [0.5, 0.6) is 0 Å². The maximum absolute atomic E-state index is 12.5. The van der Waals surface area contributed by atoms with Crippen LogP contribution in [0.1, 0.15) is 27.3 Å². The standard InChI is InChI=1S/C19H18ClN5O/c1-12-7-15(20)18(25-10-12)17(26)9-13-4-6-22-14(8-13)11-24-16-3-2-5-23-19(16)21/h2-8,10,24H,9,11H2,1H3,(H2,21,23). The van der Waals surface area contributed by atoms with Gasteiger partial charge in [0.2, 0.25) is 0 Å². The fraction of sp³-hybridized carbons (Fsp3) is 0.158. The van der Waals surface area contributed by atoms with Gasteiger partial charge in [0, 0.05) is 25.0 Å². The van der Waals surface area contributed by atoms with E-state index in [4.69, 9.17) is 17.3 Å². The Morgan fingerprint density at radius 3 is 2.81 bits per heavy atom. The highest BCUT2D eigenvalue weighted by Gasteiger charge is 2.13. The predicted octanol–water partition coefficient (Wildman–Crippen LogP) is 3.45. The van der Waals surface area contributed by atoms with E-state index >= 15 is 0 Å². The zero-order valence-corrected chi connectivity index (χ0v) is 15.0. The number of carbonyl (C=O) groups is 1. The topological polar surface area (TPSA) is 93.8 Å². The first-order valence-corrected chi connectivity index (χ1v) is 8.44. The number of carbonyl (C=O) groups excluding carboxylic acids is 1. The van der Waals surface area contributed by atoms with Crippen molar-refractivity contribution in [2.45, 2.75) is 19.9 Å². The summed E-state index contributed by atoms with van der Waals surface area (Å²) in [6.45, 7) is 2.35. The molecule has 0 aliphatic carbocycles. The zero-order chi connectivity index (χ0) is 18.5. The van der Waals surface area contributed by atoms with Gasteiger partial charge in [0.1, 0.15) is 11.5 Å². The highest BCUT2D eigenvalue weighted by molar-refractivity contribution is 6.33. The quantitative estimate of drug-likeness (QED) is 0.648. The van der Waals surface area contributed by atoms with Crippen molar-refractivity contribution in [2.24, 2.45) is 0 Å². The van der Waals surface area contributed by atoms with Crippen LogP contribution in [0.15, 0.2) is 48.9 Å². The Labute approximate surface area is 156 Å². The van der Waals surface area contributed by atoms with Crippen molar-refractivity contribution < 1.29 is 4.79 Å². The lowest BCUT2D eigenvalue weighted by Crippen LogP contribution is -2.09. The summed E-state index contributed by atoms with van der Waals surface area (Å²) < 4.78 is 0. The van der Waals surface area contributed by atoms with Crippen LogP contribution in [-0.2, 0) is 13.0 Å². The number of hydrogen-bond acceptors (Lipinski definition) is 6. The number of hydrogen-bond donors (Lipinski definition) is 2. The van der Waals surface area contributed by atoms with Gasteiger partial charge in [-0.3, -0.25) is 14.8 Å². The van der Waals surface area contributed by atoms with Gasteiger partial charge in [-0.15, -0.1) is 0 Å². The summed E-state index contributed by atoms with van der Waals surface area (Å²) in [5, 5.41) is 3.56. The second-order valence-corrected chi connectivity index (χ2v) is 6.30. The van der Waals surface area contributed by atoms with Crippen molar-refractivity contribution in [3.63, 3.8) is 0 Å². The minimum atomic E-state index is -0.128. The van der Waals surface area contributed by atoms with E-state index in [1.807, 2.05) is 25.1 Å². The Balaban J connectivity index is 1.69. The van der Waals surface area contributed by atoms with Crippen molar-refractivity contribution >= 4 is 28.9 Å². The van der Waals surface area contributed by atoms with Crippen LogP contribution in [0.25, 0.3) is 0 Å². The van der Waals surface area contributed by atoms with Gasteiger partial charge in [0.25, 0.3) is 0 Å². The van der Waals surface area contributed by atoms with Crippen LogP contribution >= 0.6 is 11.6 Å². The maximum atomic E-state index is 12.5. The highest BCUT2D eigenvalue weighted by atomic mass is 35.5. The number of halogens is 1. The van der Waals surface area contributed by atoms with E-state index in [0.29, 0.717) is 17.4 Å². The van der Waals surface area contributed by atoms with Crippen LogP contribution in [0.2, 0.25) is 5.02 Å². The number of Topliss-reactive ketones (excluding diaryl/α,β-unsaturated/α-hetero) is 1. The predicted molar refractivity (Wildman–Crippen MR) is 102 cm³/mol. The first-order chi connectivity index (χ1) is 12.5. The fourth-order valence-electron chi connectivity index (χ4n) is 2.50. The normalized spacial score (nSPS) is 10.5. The summed E-state index contributed by atoms with van der Waals surface area (Å²) in [5.74, 6) is 0.301. The number of nitrogens with one attached hydrogen (secondary N) is 1. The van der Waals surface area contributed by atoms with Gasteiger partial charge in [-0.1, -0.05) is 11.6 Å². The minimum Gasteiger partial charge on any atom is -0.382 e. The van der Waals surface area contributed by atoms with Crippen molar-refractivity contribution in [3.8, 4) is 0 Å². The Morgan fingerprint density at radius 1 is 1.19 bits per heavy atom. The van der Waals surface area contributed by atoms with Crippen molar-refractivity contribution in [3.05, 3.63) is 76.5 Å². The molecule has 3 N–H and O–H groups in total. The van der Waals surface area contributed by atoms with Crippen LogP contribution in [0, 0.1) is 6.92 Å². The van der Waals surface area contributed by atoms with E-state index in [0.717, 1.165) is 22.5 Å². The van der Waals surface area contributed by atoms with Gasteiger partial charge >= 0.3 is 0 Å². The van der Waals surface area contributed by atoms with Gasteiger partial charge in [-0.2, -0.15) is 0 Å². The molecule has 0 spiro atoms. The number of nitrogens with two attached hydrogens (primary N) is 1. The number of nitrogens with zero attached hydrogens (tertiary/aromatic N) is 3. The van der Waals surface area contributed by atoms with E-state index in [9.17, 15) is 4.79 Å². The van der Waals surface area contributed by atoms with Crippen molar-refractivity contribution in [1.82, 2.24) is 15.0 Å². The lowest BCUT2D eigenvalue weighted by molar-refractivity contribution is 0.0988. The zero-order valence-electron chi connectivity index (χ0n) is 14.2.